The Labute approximate surface area is 135 Å². The average Bonchev–Trinajstić information content (AvgIpc) is 2.88. The van der Waals surface area contributed by atoms with Crippen molar-refractivity contribution in [2.45, 2.75) is 39.7 Å². The van der Waals surface area contributed by atoms with Crippen molar-refractivity contribution in [1.82, 2.24) is 9.78 Å². The smallest absolute Gasteiger partial charge is 0.359 e. The van der Waals surface area contributed by atoms with E-state index in [1.165, 1.54) is 0 Å². The quantitative estimate of drug-likeness (QED) is 0.814. The minimum absolute atomic E-state index is 0.0574. The molecule has 1 aromatic carbocycles. The number of hydrogen-bond acceptors (Lipinski definition) is 4. The third kappa shape index (κ3) is 3.04. The maximum absolute atomic E-state index is 12.3. The second kappa shape index (κ2) is 6.36. The summed E-state index contributed by atoms with van der Waals surface area (Å²) in [6, 6.07) is 8.07. The number of aryl methyl sites for hydroxylation is 1. The van der Waals surface area contributed by atoms with Crippen LogP contribution in [0.2, 0.25) is 0 Å². The second-order valence-electron chi connectivity index (χ2n) is 5.82. The molecule has 23 heavy (non-hydrogen) atoms. The van der Waals surface area contributed by atoms with Crippen LogP contribution in [0.5, 0.6) is 0 Å². The van der Waals surface area contributed by atoms with Crippen molar-refractivity contribution in [2.24, 2.45) is 0 Å². The van der Waals surface area contributed by atoms with E-state index in [-0.39, 0.29) is 5.78 Å². The van der Waals surface area contributed by atoms with Crippen molar-refractivity contribution < 1.29 is 14.3 Å². The molecule has 0 saturated heterocycles. The van der Waals surface area contributed by atoms with Gasteiger partial charge in [-0.1, -0.05) is 29.8 Å². The Kier molecular flexibility index (Phi) is 4.28. The zero-order valence-electron chi connectivity index (χ0n) is 13.5. The van der Waals surface area contributed by atoms with Crippen molar-refractivity contribution in [1.29, 1.82) is 0 Å². The van der Waals surface area contributed by atoms with Crippen LogP contribution in [0.3, 0.4) is 0 Å². The third-order valence-corrected chi connectivity index (χ3v) is 4.03. The summed E-state index contributed by atoms with van der Waals surface area (Å²) in [7, 11) is 0. The van der Waals surface area contributed by atoms with Gasteiger partial charge in [-0.2, -0.15) is 5.10 Å². The summed E-state index contributed by atoms with van der Waals surface area (Å²) >= 11 is 0. The van der Waals surface area contributed by atoms with Crippen LogP contribution in [0.1, 0.15) is 57.4 Å². The summed E-state index contributed by atoms with van der Waals surface area (Å²) in [6.45, 7) is 4.57. The number of nitrogens with zero attached hydrogens (tertiary/aromatic N) is 2. The van der Waals surface area contributed by atoms with Gasteiger partial charge in [0.2, 0.25) is 0 Å². The molecule has 0 N–H and O–H groups in total. The maximum Gasteiger partial charge on any atom is 0.359 e. The molecule has 5 nitrogen and oxygen atoms in total. The highest BCUT2D eigenvalue weighted by atomic mass is 16.5. The fourth-order valence-electron chi connectivity index (χ4n) is 3.05. The number of esters is 1. The van der Waals surface area contributed by atoms with Gasteiger partial charge in [0.1, 0.15) is 5.69 Å². The zero-order chi connectivity index (χ0) is 16.4. The minimum atomic E-state index is -0.443. The van der Waals surface area contributed by atoms with Gasteiger partial charge in [0, 0.05) is 12.0 Å². The van der Waals surface area contributed by atoms with E-state index in [2.05, 4.69) is 11.2 Å². The van der Waals surface area contributed by atoms with Crippen LogP contribution in [0.25, 0.3) is 0 Å². The number of Topliss-reactive ketones (excluding diaryl/α,β-unsaturated/α-hetero) is 1. The van der Waals surface area contributed by atoms with E-state index in [0.717, 1.165) is 23.1 Å². The third-order valence-electron chi connectivity index (χ3n) is 4.03. The zero-order valence-corrected chi connectivity index (χ0v) is 13.5. The summed E-state index contributed by atoms with van der Waals surface area (Å²) < 4.78 is 6.75. The molecule has 1 aromatic heterocycles. The Morgan fingerprint density at radius 3 is 2.91 bits per heavy atom. The first-order valence-corrected chi connectivity index (χ1v) is 7.95. The van der Waals surface area contributed by atoms with Gasteiger partial charge in [-0.05, 0) is 32.3 Å². The van der Waals surface area contributed by atoms with Gasteiger partial charge in [0.25, 0.3) is 0 Å². The Hall–Kier alpha value is -2.43. The Bertz CT molecular complexity index is 762. The molecule has 0 bridgehead atoms. The standard InChI is InChI=1S/C18H20N2O3/c1-3-23-18(22)16-14-8-5-9-15(21)17(14)20(19-16)11-13-7-4-6-12(2)10-13/h4,6-7,10H,3,5,8-9,11H2,1-2H3. The van der Waals surface area contributed by atoms with Gasteiger partial charge in [-0.3, -0.25) is 9.48 Å². The van der Waals surface area contributed by atoms with Gasteiger partial charge in [0.15, 0.2) is 11.5 Å². The molecule has 2 aromatic rings. The molecule has 0 saturated carbocycles. The van der Waals surface area contributed by atoms with Crippen molar-refractivity contribution in [2.75, 3.05) is 6.61 Å². The molecule has 120 valence electrons. The first kappa shape index (κ1) is 15.5. The number of ketones is 1. The summed E-state index contributed by atoms with van der Waals surface area (Å²) in [5.41, 5.74) is 3.82. The molecule has 0 fully saturated rings. The SMILES string of the molecule is CCOC(=O)c1nn(Cc2cccc(C)c2)c2c1CCCC2=O. The molecule has 0 radical (unpaired) electrons. The van der Waals surface area contributed by atoms with Crippen LogP contribution in [0.4, 0.5) is 0 Å². The predicted octanol–water partition coefficient (Wildman–Crippen LogP) is 2.94. The largest absolute Gasteiger partial charge is 0.461 e. The van der Waals surface area contributed by atoms with E-state index >= 15 is 0 Å². The van der Waals surface area contributed by atoms with Gasteiger partial charge < -0.3 is 4.74 Å². The van der Waals surface area contributed by atoms with Gasteiger partial charge in [0.05, 0.1) is 13.2 Å². The van der Waals surface area contributed by atoms with Crippen LogP contribution in [0.15, 0.2) is 24.3 Å². The topological polar surface area (TPSA) is 61.2 Å². The maximum atomic E-state index is 12.3. The number of carbonyl (C=O) groups excluding carboxylic acids is 2. The Morgan fingerprint density at radius 1 is 1.35 bits per heavy atom. The fourth-order valence-corrected chi connectivity index (χ4v) is 3.05. The van der Waals surface area contributed by atoms with Gasteiger partial charge >= 0.3 is 5.97 Å². The molecule has 0 spiro atoms. The molecule has 1 heterocycles. The van der Waals surface area contributed by atoms with Crippen molar-refractivity contribution >= 4 is 11.8 Å². The number of carbonyl (C=O) groups is 2. The van der Waals surface area contributed by atoms with Crippen LogP contribution >= 0.6 is 0 Å². The number of rotatable bonds is 4. The van der Waals surface area contributed by atoms with Crippen molar-refractivity contribution in [3.63, 3.8) is 0 Å². The molecule has 0 amide bonds. The summed E-state index contributed by atoms with van der Waals surface area (Å²) in [4.78, 5) is 24.5. The van der Waals surface area contributed by atoms with E-state index in [1.54, 1.807) is 11.6 Å². The predicted molar refractivity (Wildman–Crippen MR) is 85.7 cm³/mol. The Morgan fingerprint density at radius 2 is 2.17 bits per heavy atom. The number of aromatic nitrogens is 2. The summed E-state index contributed by atoms with van der Waals surface area (Å²) in [6.07, 6.45) is 1.96. The molecule has 0 unspecified atom stereocenters. The van der Waals surface area contributed by atoms with Crippen LogP contribution in [0, 0.1) is 6.92 Å². The number of fused-ring (bicyclic) bond motifs is 1. The van der Waals surface area contributed by atoms with Gasteiger partial charge in [-0.25, -0.2) is 4.79 Å². The minimum Gasteiger partial charge on any atom is -0.461 e. The number of ether oxygens (including phenoxy) is 1. The number of hydrogen-bond donors (Lipinski definition) is 0. The Balaban J connectivity index is 2.02. The van der Waals surface area contributed by atoms with Crippen LogP contribution in [-0.2, 0) is 17.7 Å². The highest BCUT2D eigenvalue weighted by Gasteiger charge is 2.30. The monoisotopic (exact) mass is 312 g/mol. The van der Waals surface area contributed by atoms with E-state index in [4.69, 9.17) is 4.74 Å². The first-order valence-electron chi connectivity index (χ1n) is 7.95. The van der Waals surface area contributed by atoms with E-state index < -0.39 is 5.97 Å². The fraction of sp³-hybridized carbons (Fsp3) is 0.389. The highest BCUT2D eigenvalue weighted by molar-refractivity contribution is 6.00. The lowest BCUT2D eigenvalue weighted by atomic mass is 9.94. The molecule has 1 aliphatic rings. The normalized spacial score (nSPS) is 13.7. The number of benzene rings is 1. The molecule has 5 heteroatoms. The second-order valence-corrected chi connectivity index (χ2v) is 5.82. The van der Waals surface area contributed by atoms with Gasteiger partial charge in [-0.15, -0.1) is 0 Å². The van der Waals surface area contributed by atoms with E-state index in [9.17, 15) is 9.59 Å². The molecule has 3 rings (SSSR count). The first-order chi connectivity index (χ1) is 11.1. The van der Waals surface area contributed by atoms with Crippen molar-refractivity contribution in [3.8, 4) is 0 Å². The van der Waals surface area contributed by atoms with E-state index in [1.807, 2.05) is 25.1 Å². The van der Waals surface area contributed by atoms with Crippen LogP contribution in [-0.4, -0.2) is 28.1 Å². The van der Waals surface area contributed by atoms with Crippen LogP contribution < -0.4 is 0 Å². The highest BCUT2D eigenvalue weighted by Crippen LogP contribution is 2.26. The molecular weight excluding hydrogens is 292 g/mol. The average molecular weight is 312 g/mol. The molecule has 0 atom stereocenters. The molecule has 1 aliphatic carbocycles. The van der Waals surface area contributed by atoms with Crippen molar-refractivity contribution in [3.05, 3.63) is 52.3 Å². The summed E-state index contributed by atoms with van der Waals surface area (Å²) in [5.74, 6) is -0.386. The van der Waals surface area contributed by atoms with E-state index in [0.29, 0.717) is 37.4 Å². The lowest BCUT2D eigenvalue weighted by molar-refractivity contribution is 0.0517. The molecule has 0 aliphatic heterocycles. The lowest BCUT2D eigenvalue weighted by Crippen LogP contribution is -2.17. The molecular formula is C18H20N2O3. The summed E-state index contributed by atoms with van der Waals surface area (Å²) in [5, 5.41) is 4.41. The lowest BCUT2D eigenvalue weighted by Gasteiger charge is -2.13.